The molecule has 4 rings (SSSR count). The standard InChI is InChI=1S/C25H25N3O3S/c1-17-15-20(11-12-22(17)26-2)27-23(31)25(13-4-14-25)28(24(27)32)19-9-7-18(8-10-19)5-3-6-21(30)16-29/h7-12,15,29H,3-6,13-14,16H2,1H3. The summed E-state index contributed by atoms with van der Waals surface area (Å²) >= 11 is 5.81. The molecule has 7 heteroatoms. The van der Waals surface area contributed by atoms with Gasteiger partial charge in [-0.25, -0.2) is 4.85 Å². The molecule has 32 heavy (non-hydrogen) atoms. The highest BCUT2D eigenvalue weighted by molar-refractivity contribution is 7.81. The van der Waals surface area contributed by atoms with Crippen molar-refractivity contribution in [2.75, 3.05) is 16.4 Å². The van der Waals surface area contributed by atoms with Crippen molar-refractivity contribution in [3.63, 3.8) is 0 Å². The summed E-state index contributed by atoms with van der Waals surface area (Å²) in [6.45, 7) is 8.72. The average Bonchev–Trinajstić information content (AvgIpc) is 3.00. The second-order valence-corrected chi connectivity index (χ2v) is 8.81. The van der Waals surface area contributed by atoms with Crippen molar-refractivity contribution in [2.45, 2.75) is 51.0 Å². The molecule has 0 bridgehead atoms. The topological polar surface area (TPSA) is 65.2 Å². The van der Waals surface area contributed by atoms with Gasteiger partial charge in [-0.3, -0.25) is 14.5 Å². The summed E-state index contributed by atoms with van der Waals surface area (Å²) in [5.74, 6) is -0.149. The monoisotopic (exact) mass is 447 g/mol. The van der Waals surface area contributed by atoms with Gasteiger partial charge in [0.25, 0.3) is 5.91 Å². The molecule has 1 heterocycles. The van der Waals surface area contributed by atoms with Crippen molar-refractivity contribution in [1.29, 1.82) is 0 Å². The first kappa shape index (κ1) is 22.1. The van der Waals surface area contributed by atoms with Gasteiger partial charge in [-0.1, -0.05) is 18.2 Å². The van der Waals surface area contributed by atoms with E-state index >= 15 is 0 Å². The van der Waals surface area contributed by atoms with Crippen LogP contribution < -0.4 is 9.80 Å². The van der Waals surface area contributed by atoms with Gasteiger partial charge in [0.05, 0.1) is 6.57 Å². The fraction of sp³-hybridized carbons (Fsp3) is 0.360. The van der Waals surface area contributed by atoms with E-state index in [4.69, 9.17) is 23.9 Å². The fourth-order valence-corrected chi connectivity index (χ4v) is 4.96. The number of carbonyl (C=O) groups is 2. The average molecular weight is 448 g/mol. The van der Waals surface area contributed by atoms with Crippen molar-refractivity contribution >= 4 is 46.1 Å². The van der Waals surface area contributed by atoms with E-state index in [-0.39, 0.29) is 11.7 Å². The summed E-state index contributed by atoms with van der Waals surface area (Å²) < 4.78 is 0. The summed E-state index contributed by atoms with van der Waals surface area (Å²) in [5, 5.41) is 9.31. The van der Waals surface area contributed by atoms with Crippen molar-refractivity contribution in [2.24, 2.45) is 0 Å². The Morgan fingerprint density at radius 1 is 1.19 bits per heavy atom. The highest BCUT2D eigenvalue weighted by Gasteiger charge is 2.59. The highest BCUT2D eigenvalue weighted by atomic mass is 32.1. The van der Waals surface area contributed by atoms with Crippen molar-refractivity contribution in [3.8, 4) is 0 Å². The Kier molecular flexibility index (Phi) is 6.09. The lowest BCUT2D eigenvalue weighted by Crippen LogP contribution is -2.55. The van der Waals surface area contributed by atoms with Gasteiger partial charge < -0.3 is 10.0 Å². The number of carbonyl (C=O) groups excluding carboxylic acids is 2. The van der Waals surface area contributed by atoms with E-state index < -0.39 is 12.1 Å². The number of aliphatic hydroxyl groups is 1. The molecule has 2 fully saturated rings. The van der Waals surface area contributed by atoms with Gasteiger partial charge >= 0.3 is 0 Å². The maximum atomic E-state index is 13.6. The Morgan fingerprint density at radius 2 is 1.88 bits per heavy atom. The third-order valence-corrected chi connectivity index (χ3v) is 6.81. The summed E-state index contributed by atoms with van der Waals surface area (Å²) in [5.41, 5.74) is 3.43. The van der Waals surface area contributed by atoms with Gasteiger partial charge in [-0.15, -0.1) is 0 Å². The van der Waals surface area contributed by atoms with Gasteiger partial charge in [0, 0.05) is 17.8 Å². The van der Waals surface area contributed by atoms with Crippen LogP contribution >= 0.6 is 12.2 Å². The number of aliphatic hydroxyl groups excluding tert-OH is 1. The number of aryl methyl sites for hydroxylation is 2. The molecule has 2 aromatic carbocycles. The third kappa shape index (κ3) is 3.70. The van der Waals surface area contributed by atoms with Crippen LogP contribution in [0.15, 0.2) is 42.5 Å². The molecule has 1 aliphatic heterocycles. The first-order valence-electron chi connectivity index (χ1n) is 10.8. The normalized spacial score (nSPS) is 16.9. The molecule has 1 N–H and O–H groups in total. The third-order valence-electron chi connectivity index (χ3n) is 6.44. The molecule has 0 aromatic heterocycles. The second kappa shape index (κ2) is 8.81. The Balaban J connectivity index is 1.59. The Labute approximate surface area is 193 Å². The molecular formula is C25H25N3O3S. The van der Waals surface area contributed by atoms with Crippen LogP contribution in [0.5, 0.6) is 0 Å². The van der Waals surface area contributed by atoms with Crippen LogP contribution in [0.2, 0.25) is 0 Å². The van der Waals surface area contributed by atoms with Gasteiger partial charge in [0.1, 0.15) is 12.1 Å². The number of benzene rings is 2. The molecule has 6 nitrogen and oxygen atoms in total. The summed E-state index contributed by atoms with van der Waals surface area (Å²) in [7, 11) is 0. The van der Waals surface area contributed by atoms with Crippen molar-refractivity contribution < 1.29 is 14.7 Å². The van der Waals surface area contributed by atoms with Gasteiger partial charge in [0.15, 0.2) is 16.6 Å². The predicted octanol–water partition coefficient (Wildman–Crippen LogP) is 4.49. The fourth-order valence-electron chi connectivity index (χ4n) is 4.49. The van der Waals surface area contributed by atoms with E-state index in [0.717, 1.165) is 42.5 Å². The van der Waals surface area contributed by atoms with Crippen molar-refractivity contribution in [3.05, 3.63) is 65.0 Å². The SMILES string of the molecule is [C-]#[N+]c1ccc(N2C(=O)C3(CCC3)N(c3ccc(CCCC(=O)CO)cc3)C2=S)cc1C. The van der Waals surface area contributed by atoms with Gasteiger partial charge in [0.2, 0.25) is 0 Å². The maximum Gasteiger partial charge on any atom is 0.259 e. The first-order valence-corrected chi connectivity index (χ1v) is 11.2. The zero-order valence-electron chi connectivity index (χ0n) is 18.0. The van der Waals surface area contributed by atoms with Crippen LogP contribution in [-0.4, -0.2) is 34.1 Å². The number of amides is 1. The van der Waals surface area contributed by atoms with E-state index in [0.29, 0.717) is 29.3 Å². The van der Waals surface area contributed by atoms with Gasteiger partial charge in [-0.2, -0.15) is 0 Å². The van der Waals surface area contributed by atoms with Gasteiger partial charge in [-0.05, 0) is 86.6 Å². The molecule has 0 unspecified atom stereocenters. The summed E-state index contributed by atoms with van der Waals surface area (Å²) in [6.07, 6.45) is 4.30. The molecule has 1 spiro atoms. The zero-order valence-corrected chi connectivity index (χ0v) is 18.8. The summed E-state index contributed by atoms with van der Waals surface area (Å²) in [6, 6.07) is 13.4. The number of rotatable bonds is 7. The quantitative estimate of drug-likeness (QED) is 0.500. The van der Waals surface area contributed by atoms with Crippen LogP contribution in [0.4, 0.5) is 17.1 Å². The van der Waals surface area contributed by atoms with Crippen LogP contribution in [0.25, 0.3) is 4.85 Å². The summed E-state index contributed by atoms with van der Waals surface area (Å²) in [4.78, 5) is 32.0. The van der Waals surface area contributed by atoms with Crippen LogP contribution in [0, 0.1) is 13.5 Å². The number of nitrogens with zero attached hydrogens (tertiary/aromatic N) is 3. The second-order valence-electron chi connectivity index (χ2n) is 8.44. The minimum absolute atomic E-state index is 0.00435. The van der Waals surface area contributed by atoms with E-state index in [1.165, 1.54) is 0 Å². The zero-order chi connectivity index (χ0) is 22.9. The highest BCUT2D eigenvalue weighted by Crippen LogP contribution is 2.48. The molecule has 164 valence electrons. The van der Waals surface area contributed by atoms with E-state index in [9.17, 15) is 9.59 Å². The predicted molar refractivity (Wildman–Crippen MR) is 128 cm³/mol. The van der Waals surface area contributed by atoms with E-state index in [2.05, 4.69) is 4.85 Å². The number of anilines is 2. The number of Topliss-reactive ketones (excluding diaryl/α,β-unsaturated/α-hetero) is 1. The number of hydrogen-bond donors (Lipinski definition) is 1. The Morgan fingerprint density at radius 3 is 2.44 bits per heavy atom. The molecule has 0 radical (unpaired) electrons. The lowest BCUT2D eigenvalue weighted by Gasteiger charge is -2.43. The lowest BCUT2D eigenvalue weighted by molar-refractivity contribution is -0.124. The minimum atomic E-state index is -0.640. The first-order chi connectivity index (χ1) is 15.4. The Hall–Kier alpha value is -3.08. The van der Waals surface area contributed by atoms with E-state index in [1.54, 1.807) is 17.0 Å². The molecule has 2 aromatic rings. The maximum absolute atomic E-state index is 13.6. The van der Waals surface area contributed by atoms with Crippen LogP contribution in [0.3, 0.4) is 0 Å². The molecule has 1 aliphatic carbocycles. The van der Waals surface area contributed by atoms with Crippen molar-refractivity contribution in [1.82, 2.24) is 0 Å². The Bertz CT molecular complexity index is 1120. The largest absolute Gasteiger partial charge is 0.389 e. The molecule has 2 aliphatic rings. The van der Waals surface area contributed by atoms with Crippen LogP contribution in [0.1, 0.15) is 43.2 Å². The molecule has 1 saturated heterocycles. The number of ketones is 1. The number of hydrogen-bond acceptors (Lipinski definition) is 4. The molecule has 1 saturated carbocycles. The number of thiocarbonyl (C=S) groups is 1. The van der Waals surface area contributed by atoms with Crippen LogP contribution in [-0.2, 0) is 16.0 Å². The smallest absolute Gasteiger partial charge is 0.259 e. The van der Waals surface area contributed by atoms with E-state index in [1.807, 2.05) is 42.2 Å². The molecule has 0 atom stereocenters. The molecule has 1 amide bonds. The lowest BCUT2D eigenvalue weighted by atomic mass is 9.75. The minimum Gasteiger partial charge on any atom is -0.389 e. The molecular weight excluding hydrogens is 422 g/mol.